The van der Waals surface area contributed by atoms with Gasteiger partial charge in [-0.25, -0.2) is 8.42 Å². The highest BCUT2D eigenvalue weighted by molar-refractivity contribution is 7.89. The summed E-state index contributed by atoms with van der Waals surface area (Å²) in [6, 6.07) is 14.3. The van der Waals surface area contributed by atoms with Crippen LogP contribution in [0.2, 0.25) is 10.0 Å². The van der Waals surface area contributed by atoms with Crippen LogP contribution in [0.1, 0.15) is 5.82 Å². The van der Waals surface area contributed by atoms with Gasteiger partial charge in [0.2, 0.25) is 10.0 Å². The molecule has 1 aromatic heterocycles. The van der Waals surface area contributed by atoms with Crippen LogP contribution in [0, 0.1) is 0 Å². The van der Waals surface area contributed by atoms with Crippen molar-refractivity contribution in [1.29, 1.82) is 0 Å². The van der Waals surface area contributed by atoms with E-state index in [1.54, 1.807) is 10.7 Å². The third-order valence-corrected chi connectivity index (χ3v) is 7.60. The molecule has 0 saturated carbocycles. The molecule has 0 amide bonds. The molecule has 152 valence electrons. The van der Waals surface area contributed by atoms with Crippen LogP contribution >= 0.6 is 23.2 Å². The van der Waals surface area contributed by atoms with E-state index in [0.717, 1.165) is 5.69 Å². The average Bonchev–Trinajstić information content (AvgIpc) is 3.17. The summed E-state index contributed by atoms with van der Waals surface area (Å²) >= 11 is 12.2. The van der Waals surface area contributed by atoms with Crippen molar-refractivity contribution in [1.82, 2.24) is 29.4 Å². The number of hydrogen-bond donors (Lipinski definition) is 0. The van der Waals surface area contributed by atoms with Crippen LogP contribution in [0.3, 0.4) is 0 Å². The van der Waals surface area contributed by atoms with E-state index in [0.29, 0.717) is 38.5 Å². The van der Waals surface area contributed by atoms with Gasteiger partial charge >= 0.3 is 0 Å². The van der Waals surface area contributed by atoms with Crippen LogP contribution in [0.15, 0.2) is 53.4 Å². The minimum absolute atomic E-state index is 0.0372. The van der Waals surface area contributed by atoms with Crippen molar-refractivity contribution >= 4 is 33.2 Å². The van der Waals surface area contributed by atoms with Crippen LogP contribution in [0.25, 0.3) is 5.69 Å². The number of rotatable bonds is 5. The van der Waals surface area contributed by atoms with E-state index < -0.39 is 10.0 Å². The number of para-hydroxylation sites is 1. The van der Waals surface area contributed by atoms with Gasteiger partial charge in [0.25, 0.3) is 0 Å². The predicted molar refractivity (Wildman–Crippen MR) is 110 cm³/mol. The molecule has 3 aromatic rings. The summed E-state index contributed by atoms with van der Waals surface area (Å²) in [6.07, 6.45) is 0. The molecule has 1 saturated heterocycles. The number of hydrogen-bond acceptors (Lipinski definition) is 6. The highest BCUT2D eigenvalue weighted by atomic mass is 35.5. The zero-order valence-electron chi connectivity index (χ0n) is 15.3. The first-order valence-electron chi connectivity index (χ1n) is 8.96. The molecule has 11 heteroatoms. The molecule has 1 fully saturated rings. The molecule has 0 spiro atoms. The first kappa shape index (κ1) is 20.2. The Bertz CT molecular complexity index is 1080. The van der Waals surface area contributed by atoms with Crippen LogP contribution in [0.4, 0.5) is 0 Å². The van der Waals surface area contributed by atoms with Crippen molar-refractivity contribution in [2.24, 2.45) is 0 Å². The molecule has 0 aliphatic carbocycles. The minimum atomic E-state index is -3.76. The lowest BCUT2D eigenvalue weighted by molar-refractivity contribution is 0.177. The summed E-state index contributed by atoms with van der Waals surface area (Å²) in [4.78, 5) is 2.08. The lowest BCUT2D eigenvalue weighted by Crippen LogP contribution is -2.48. The third kappa shape index (κ3) is 4.15. The minimum Gasteiger partial charge on any atom is -0.293 e. The number of halogens is 2. The van der Waals surface area contributed by atoms with Gasteiger partial charge in [0.15, 0.2) is 5.82 Å². The first-order valence-corrected chi connectivity index (χ1v) is 11.2. The number of sulfonamides is 1. The number of nitrogens with zero attached hydrogens (tertiary/aromatic N) is 6. The van der Waals surface area contributed by atoms with Crippen molar-refractivity contribution < 1.29 is 8.42 Å². The Labute approximate surface area is 178 Å². The van der Waals surface area contributed by atoms with Crippen molar-refractivity contribution in [3.05, 3.63) is 64.4 Å². The largest absolute Gasteiger partial charge is 0.293 e. The van der Waals surface area contributed by atoms with E-state index in [-0.39, 0.29) is 14.9 Å². The first-order chi connectivity index (χ1) is 14.0. The van der Waals surface area contributed by atoms with Crippen molar-refractivity contribution in [3.63, 3.8) is 0 Å². The summed E-state index contributed by atoms with van der Waals surface area (Å²) in [7, 11) is -3.76. The monoisotopic (exact) mass is 452 g/mol. The second-order valence-corrected chi connectivity index (χ2v) is 9.26. The molecule has 29 heavy (non-hydrogen) atoms. The van der Waals surface area contributed by atoms with E-state index in [1.165, 1.54) is 16.4 Å². The summed E-state index contributed by atoms with van der Waals surface area (Å²) in [6.45, 7) is 2.27. The van der Waals surface area contributed by atoms with E-state index >= 15 is 0 Å². The normalized spacial score (nSPS) is 16.2. The van der Waals surface area contributed by atoms with E-state index in [4.69, 9.17) is 23.2 Å². The van der Waals surface area contributed by atoms with Gasteiger partial charge in [-0.1, -0.05) is 47.5 Å². The van der Waals surface area contributed by atoms with Gasteiger partial charge in [-0.2, -0.15) is 8.99 Å². The molecule has 0 bridgehead atoms. The molecule has 4 rings (SSSR count). The Kier molecular flexibility index (Phi) is 5.84. The maximum absolute atomic E-state index is 13.0. The summed E-state index contributed by atoms with van der Waals surface area (Å²) in [5.41, 5.74) is 0.877. The Morgan fingerprint density at radius 3 is 2.21 bits per heavy atom. The molecule has 0 atom stereocenters. The summed E-state index contributed by atoms with van der Waals surface area (Å²) in [5.74, 6) is 0.696. The van der Waals surface area contributed by atoms with Crippen LogP contribution in [-0.4, -0.2) is 64.0 Å². The number of piperazine rings is 1. The molecular formula is C18H18Cl2N6O2S. The fourth-order valence-corrected chi connectivity index (χ4v) is 5.77. The van der Waals surface area contributed by atoms with Crippen LogP contribution in [0.5, 0.6) is 0 Å². The number of tetrazole rings is 1. The fraction of sp³-hybridized carbons (Fsp3) is 0.278. The molecule has 1 aliphatic heterocycles. The Morgan fingerprint density at radius 1 is 0.897 bits per heavy atom. The van der Waals surface area contributed by atoms with E-state index in [9.17, 15) is 8.42 Å². The quantitative estimate of drug-likeness (QED) is 0.590. The lowest BCUT2D eigenvalue weighted by Gasteiger charge is -2.33. The van der Waals surface area contributed by atoms with Gasteiger partial charge in [-0.15, -0.1) is 5.10 Å². The topological polar surface area (TPSA) is 84.2 Å². The zero-order chi connectivity index (χ0) is 20.4. The Hall–Kier alpha value is -2.04. The van der Waals surface area contributed by atoms with Gasteiger partial charge in [0, 0.05) is 26.2 Å². The lowest BCUT2D eigenvalue weighted by atomic mass is 10.3. The molecule has 8 nitrogen and oxygen atoms in total. The predicted octanol–water partition coefficient (Wildman–Crippen LogP) is 2.48. The number of benzene rings is 2. The van der Waals surface area contributed by atoms with Crippen LogP contribution < -0.4 is 0 Å². The number of aromatic nitrogens is 4. The Balaban J connectivity index is 1.45. The molecule has 0 N–H and O–H groups in total. The van der Waals surface area contributed by atoms with Gasteiger partial charge in [-0.05, 0) is 34.7 Å². The zero-order valence-corrected chi connectivity index (χ0v) is 17.6. The van der Waals surface area contributed by atoms with Crippen LogP contribution in [-0.2, 0) is 16.6 Å². The smallest absolute Gasteiger partial charge is 0.246 e. The third-order valence-electron chi connectivity index (χ3n) is 4.75. The maximum atomic E-state index is 13.0. The van der Waals surface area contributed by atoms with Crippen molar-refractivity contribution in [2.75, 3.05) is 26.2 Å². The molecule has 0 unspecified atom stereocenters. The summed E-state index contributed by atoms with van der Waals surface area (Å²) in [5, 5.41) is 12.2. The molecule has 0 radical (unpaired) electrons. The Morgan fingerprint density at radius 2 is 1.55 bits per heavy atom. The van der Waals surface area contributed by atoms with Gasteiger partial charge in [0.1, 0.15) is 4.90 Å². The molecule has 2 aromatic carbocycles. The second kappa shape index (κ2) is 8.37. The van der Waals surface area contributed by atoms with Gasteiger partial charge in [0.05, 0.1) is 22.3 Å². The second-order valence-electron chi connectivity index (χ2n) is 6.57. The van der Waals surface area contributed by atoms with E-state index in [2.05, 4.69) is 20.4 Å². The van der Waals surface area contributed by atoms with E-state index in [1.807, 2.05) is 30.3 Å². The molecule has 2 heterocycles. The maximum Gasteiger partial charge on any atom is 0.246 e. The molecule has 1 aliphatic rings. The van der Waals surface area contributed by atoms with Gasteiger partial charge < -0.3 is 0 Å². The van der Waals surface area contributed by atoms with Crippen molar-refractivity contribution in [2.45, 2.75) is 11.4 Å². The fourth-order valence-electron chi connectivity index (χ4n) is 3.26. The highest BCUT2D eigenvalue weighted by Gasteiger charge is 2.32. The molecular weight excluding hydrogens is 435 g/mol. The van der Waals surface area contributed by atoms with Gasteiger partial charge in [-0.3, -0.25) is 4.90 Å². The highest BCUT2D eigenvalue weighted by Crippen LogP contribution is 2.31. The SMILES string of the molecule is O=S(=O)(c1c(Cl)cccc1Cl)N1CCN(Cc2nnnn2-c2ccccc2)CC1. The average molecular weight is 453 g/mol. The standard InChI is InChI=1S/C18H18Cl2N6O2S/c19-15-7-4-8-16(20)18(15)29(27,28)25-11-9-24(10-12-25)13-17-21-22-23-26(17)14-5-2-1-3-6-14/h1-8H,9-13H2. The summed E-state index contributed by atoms with van der Waals surface area (Å²) < 4.78 is 29.1. The van der Waals surface area contributed by atoms with Crippen molar-refractivity contribution in [3.8, 4) is 5.69 Å².